The van der Waals surface area contributed by atoms with Gasteiger partial charge in [-0.25, -0.2) is 4.98 Å². The molecular formula is C23H20N2O4S. The molecule has 4 aromatic rings. The zero-order valence-electron chi connectivity index (χ0n) is 16.8. The summed E-state index contributed by atoms with van der Waals surface area (Å²) in [5, 5.41) is 3.84. The number of carbonyl (C=O) groups is 1. The number of aromatic nitrogens is 1. The Bertz CT molecular complexity index is 1170. The van der Waals surface area contributed by atoms with Crippen molar-refractivity contribution >= 4 is 33.1 Å². The molecule has 3 aromatic carbocycles. The third-order valence-electron chi connectivity index (χ3n) is 4.63. The molecule has 0 unspecified atom stereocenters. The molecule has 7 heteroatoms. The number of hydrogen-bond acceptors (Lipinski definition) is 6. The fourth-order valence-electron chi connectivity index (χ4n) is 3.17. The Kier molecular flexibility index (Phi) is 5.54. The van der Waals surface area contributed by atoms with Crippen LogP contribution in [-0.4, -0.2) is 32.2 Å². The second-order valence-electron chi connectivity index (χ2n) is 6.40. The second-order valence-corrected chi connectivity index (χ2v) is 7.43. The van der Waals surface area contributed by atoms with E-state index in [0.717, 1.165) is 20.8 Å². The van der Waals surface area contributed by atoms with E-state index in [1.54, 1.807) is 23.5 Å². The summed E-state index contributed by atoms with van der Waals surface area (Å²) in [4.78, 5) is 17.5. The maximum absolute atomic E-state index is 12.8. The zero-order valence-corrected chi connectivity index (χ0v) is 17.6. The molecule has 0 saturated carbocycles. The monoisotopic (exact) mass is 420 g/mol. The second kappa shape index (κ2) is 8.42. The smallest absolute Gasteiger partial charge is 0.259 e. The summed E-state index contributed by atoms with van der Waals surface area (Å²) < 4.78 is 17.2. The maximum Gasteiger partial charge on any atom is 0.259 e. The quantitative estimate of drug-likeness (QED) is 0.462. The highest BCUT2D eigenvalue weighted by Gasteiger charge is 2.20. The van der Waals surface area contributed by atoms with Gasteiger partial charge in [0.05, 0.1) is 37.1 Å². The normalized spacial score (nSPS) is 10.6. The Balaban J connectivity index is 1.57. The summed E-state index contributed by atoms with van der Waals surface area (Å²) in [7, 11) is 4.52. The molecule has 1 N–H and O–H groups in total. The highest BCUT2D eigenvalue weighted by atomic mass is 32.1. The fraction of sp³-hybridized carbons (Fsp3) is 0.130. The molecule has 0 aliphatic carbocycles. The Morgan fingerprint density at radius 1 is 0.867 bits per heavy atom. The molecule has 6 nitrogen and oxygen atoms in total. The van der Waals surface area contributed by atoms with E-state index in [1.807, 2.05) is 42.5 Å². The van der Waals surface area contributed by atoms with Crippen LogP contribution in [0.4, 0.5) is 5.69 Å². The molecule has 0 atom stereocenters. The summed E-state index contributed by atoms with van der Waals surface area (Å²) in [6.07, 6.45) is 0. The minimum absolute atomic E-state index is 0.305. The molecule has 30 heavy (non-hydrogen) atoms. The summed E-state index contributed by atoms with van der Waals surface area (Å²) in [5.74, 6) is 0.880. The van der Waals surface area contributed by atoms with Crippen LogP contribution in [0.1, 0.15) is 10.4 Å². The molecule has 1 aromatic heterocycles. The standard InChI is InChI=1S/C23H20N2O4S/c1-27-18-13-12-16(20(28-2)21(18)29-3)22(26)24-15-10-8-14(9-11-15)23-25-17-6-4-5-7-19(17)30-23/h4-13H,1-3H3,(H,24,26). The van der Waals surface area contributed by atoms with Crippen LogP contribution in [0.2, 0.25) is 0 Å². The van der Waals surface area contributed by atoms with Crippen LogP contribution in [-0.2, 0) is 0 Å². The fourth-order valence-corrected chi connectivity index (χ4v) is 4.14. The van der Waals surface area contributed by atoms with Gasteiger partial charge in [-0.15, -0.1) is 11.3 Å². The summed E-state index contributed by atoms with van der Waals surface area (Å²) in [6.45, 7) is 0. The van der Waals surface area contributed by atoms with E-state index in [0.29, 0.717) is 28.5 Å². The van der Waals surface area contributed by atoms with Crippen LogP contribution in [0.5, 0.6) is 17.2 Å². The predicted octanol–water partition coefficient (Wildman–Crippen LogP) is 5.24. The first kappa shape index (κ1) is 19.7. The van der Waals surface area contributed by atoms with E-state index in [4.69, 9.17) is 14.2 Å². The lowest BCUT2D eigenvalue weighted by Gasteiger charge is -2.15. The number of nitrogens with zero attached hydrogens (tertiary/aromatic N) is 1. The molecule has 152 valence electrons. The van der Waals surface area contributed by atoms with Crippen LogP contribution in [0, 0.1) is 0 Å². The zero-order chi connectivity index (χ0) is 21.1. The summed E-state index contributed by atoms with van der Waals surface area (Å²) >= 11 is 1.64. The lowest BCUT2D eigenvalue weighted by Crippen LogP contribution is -2.14. The maximum atomic E-state index is 12.8. The van der Waals surface area contributed by atoms with Gasteiger partial charge in [0, 0.05) is 11.3 Å². The number of thiazole rings is 1. The van der Waals surface area contributed by atoms with Crippen molar-refractivity contribution in [2.75, 3.05) is 26.6 Å². The number of hydrogen-bond donors (Lipinski definition) is 1. The topological polar surface area (TPSA) is 69.7 Å². The van der Waals surface area contributed by atoms with Crippen molar-refractivity contribution in [3.05, 3.63) is 66.2 Å². The van der Waals surface area contributed by atoms with Crippen molar-refractivity contribution in [3.63, 3.8) is 0 Å². The number of anilines is 1. The van der Waals surface area contributed by atoms with Gasteiger partial charge in [-0.2, -0.15) is 0 Å². The van der Waals surface area contributed by atoms with E-state index in [-0.39, 0.29) is 5.91 Å². The summed E-state index contributed by atoms with van der Waals surface area (Å²) in [6, 6.07) is 19.0. The molecule has 1 heterocycles. The Morgan fingerprint density at radius 3 is 2.27 bits per heavy atom. The largest absolute Gasteiger partial charge is 0.493 e. The van der Waals surface area contributed by atoms with Gasteiger partial charge < -0.3 is 19.5 Å². The average molecular weight is 420 g/mol. The number of ether oxygens (including phenoxy) is 3. The third-order valence-corrected chi connectivity index (χ3v) is 5.72. The van der Waals surface area contributed by atoms with Gasteiger partial charge in [-0.3, -0.25) is 4.79 Å². The van der Waals surface area contributed by atoms with E-state index in [9.17, 15) is 4.79 Å². The van der Waals surface area contributed by atoms with Crippen LogP contribution >= 0.6 is 11.3 Å². The minimum Gasteiger partial charge on any atom is -0.493 e. The van der Waals surface area contributed by atoms with Gasteiger partial charge in [0.25, 0.3) is 5.91 Å². The first-order valence-electron chi connectivity index (χ1n) is 9.21. The predicted molar refractivity (Wildman–Crippen MR) is 119 cm³/mol. The molecule has 0 radical (unpaired) electrons. The van der Waals surface area contributed by atoms with Crippen molar-refractivity contribution in [1.82, 2.24) is 4.98 Å². The van der Waals surface area contributed by atoms with E-state index in [1.165, 1.54) is 21.3 Å². The SMILES string of the molecule is COc1ccc(C(=O)Nc2ccc(-c3nc4ccccc4s3)cc2)c(OC)c1OC. The molecule has 0 saturated heterocycles. The number of methoxy groups -OCH3 is 3. The molecule has 0 spiro atoms. The Morgan fingerprint density at radius 2 is 1.60 bits per heavy atom. The van der Waals surface area contributed by atoms with Gasteiger partial charge in [0.2, 0.25) is 5.75 Å². The number of benzene rings is 3. The molecule has 0 aliphatic rings. The van der Waals surface area contributed by atoms with Crippen molar-refractivity contribution in [1.29, 1.82) is 0 Å². The number of nitrogens with one attached hydrogen (secondary N) is 1. The molecule has 4 rings (SSSR count). The lowest BCUT2D eigenvalue weighted by atomic mass is 10.1. The van der Waals surface area contributed by atoms with E-state index >= 15 is 0 Å². The highest BCUT2D eigenvalue weighted by molar-refractivity contribution is 7.21. The first-order valence-corrected chi connectivity index (χ1v) is 10.0. The highest BCUT2D eigenvalue weighted by Crippen LogP contribution is 2.40. The molecule has 0 fully saturated rings. The van der Waals surface area contributed by atoms with Crippen LogP contribution < -0.4 is 19.5 Å². The van der Waals surface area contributed by atoms with Gasteiger partial charge >= 0.3 is 0 Å². The van der Waals surface area contributed by atoms with Gasteiger partial charge in [-0.05, 0) is 48.5 Å². The molecule has 0 aliphatic heterocycles. The first-order chi connectivity index (χ1) is 14.6. The number of amides is 1. The van der Waals surface area contributed by atoms with Gasteiger partial charge in [0.15, 0.2) is 11.5 Å². The van der Waals surface area contributed by atoms with Crippen molar-refractivity contribution in [2.45, 2.75) is 0 Å². The molecular weight excluding hydrogens is 400 g/mol. The Labute approximate surface area is 178 Å². The van der Waals surface area contributed by atoms with Crippen molar-refractivity contribution < 1.29 is 19.0 Å². The van der Waals surface area contributed by atoms with Crippen LogP contribution in [0.25, 0.3) is 20.8 Å². The van der Waals surface area contributed by atoms with Crippen LogP contribution in [0.15, 0.2) is 60.7 Å². The van der Waals surface area contributed by atoms with E-state index < -0.39 is 0 Å². The summed E-state index contributed by atoms with van der Waals surface area (Å²) in [5.41, 5.74) is 3.00. The average Bonchev–Trinajstić information content (AvgIpc) is 3.22. The van der Waals surface area contributed by atoms with Crippen LogP contribution in [0.3, 0.4) is 0 Å². The molecule has 1 amide bonds. The van der Waals surface area contributed by atoms with Crippen molar-refractivity contribution in [3.8, 4) is 27.8 Å². The number of rotatable bonds is 6. The lowest BCUT2D eigenvalue weighted by molar-refractivity contribution is 0.102. The van der Waals surface area contributed by atoms with E-state index in [2.05, 4.69) is 16.4 Å². The molecule has 0 bridgehead atoms. The Hall–Kier alpha value is -3.58. The van der Waals surface area contributed by atoms with Gasteiger partial charge in [0.1, 0.15) is 5.01 Å². The number of fused-ring (bicyclic) bond motifs is 1. The van der Waals surface area contributed by atoms with Crippen molar-refractivity contribution in [2.24, 2.45) is 0 Å². The number of para-hydroxylation sites is 1. The number of carbonyl (C=O) groups excluding carboxylic acids is 1. The van der Waals surface area contributed by atoms with Gasteiger partial charge in [-0.1, -0.05) is 12.1 Å². The third kappa shape index (κ3) is 3.67. The minimum atomic E-state index is -0.305.